The molecule has 1 heterocycles. The topological polar surface area (TPSA) is 44.2 Å². The molecule has 0 atom stereocenters. The largest absolute Gasteiger partial charge is 0.493 e. The zero-order valence-electron chi connectivity index (χ0n) is 11.1. The summed E-state index contributed by atoms with van der Waals surface area (Å²) >= 11 is 3.41. The Hall–Kier alpha value is -1.62. The van der Waals surface area contributed by atoms with E-state index in [-0.39, 0.29) is 0 Å². The van der Waals surface area contributed by atoms with Gasteiger partial charge in [0.05, 0.1) is 19.9 Å². The number of methoxy groups -OCH3 is 2. The number of aryl methyl sites for hydroxylation is 1. The van der Waals surface area contributed by atoms with Gasteiger partial charge in [-0.1, -0.05) is 6.92 Å². The highest BCUT2D eigenvalue weighted by molar-refractivity contribution is 9.10. The summed E-state index contributed by atoms with van der Waals surface area (Å²) in [7, 11) is 3.24. The first kappa shape index (κ1) is 13.8. The molecule has 0 saturated carbocycles. The molecule has 5 heteroatoms. The predicted octanol–water partition coefficient (Wildman–Crippen LogP) is 3.49. The van der Waals surface area contributed by atoms with Crippen molar-refractivity contribution < 1.29 is 9.47 Å². The second kappa shape index (κ2) is 6.02. The van der Waals surface area contributed by atoms with E-state index < -0.39 is 0 Å². The molecule has 0 amide bonds. The minimum Gasteiger partial charge on any atom is -0.493 e. The van der Waals surface area contributed by atoms with Gasteiger partial charge in [-0.2, -0.15) is 0 Å². The van der Waals surface area contributed by atoms with Gasteiger partial charge in [0, 0.05) is 12.0 Å². The van der Waals surface area contributed by atoms with Crippen LogP contribution >= 0.6 is 15.9 Å². The van der Waals surface area contributed by atoms with Gasteiger partial charge in [-0.3, -0.25) is 0 Å². The maximum atomic E-state index is 5.31. The summed E-state index contributed by atoms with van der Waals surface area (Å²) < 4.78 is 11.3. The first-order chi connectivity index (χ1) is 9.17. The van der Waals surface area contributed by atoms with Crippen LogP contribution in [0.5, 0.6) is 11.5 Å². The smallest absolute Gasteiger partial charge is 0.161 e. The Morgan fingerprint density at radius 2 is 1.79 bits per heavy atom. The Morgan fingerprint density at radius 1 is 1.05 bits per heavy atom. The lowest BCUT2D eigenvalue weighted by molar-refractivity contribution is 0.355. The maximum Gasteiger partial charge on any atom is 0.161 e. The van der Waals surface area contributed by atoms with Gasteiger partial charge >= 0.3 is 0 Å². The van der Waals surface area contributed by atoms with Crippen molar-refractivity contribution in [2.24, 2.45) is 0 Å². The normalized spacial score (nSPS) is 10.3. The highest BCUT2D eigenvalue weighted by Crippen LogP contribution is 2.32. The fourth-order valence-corrected chi connectivity index (χ4v) is 2.19. The molecule has 0 aliphatic heterocycles. The van der Waals surface area contributed by atoms with Crippen LogP contribution in [0.4, 0.5) is 0 Å². The zero-order chi connectivity index (χ0) is 13.8. The summed E-state index contributed by atoms with van der Waals surface area (Å²) in [6.45, 7) is 2.03. The lowest BCUT2D eigenvalue weighted by atomic mass is 10.1. The van der Waals surface area contributed by atoms with E-state index in [1.165, 1.54) is 0 Å². The first-order valence-electron chi connectivity index (χ1n) is 5.93. The predicted molar refractivity (Wildman–Crippen MR) is 77.7 cm³/mol. The molecule has 1 aromatic heterocycles. The van der Waals surface area contributed by atoms with Crippen molar-refractivity contribution in [2.75, 3.05) is 14.2 Å². The van der Waals surface area contributed by atoms with E-state index in [1.807, 2.05) is 31.2 Å². The Kier molecular flexibility index (Phi) is 4.37. The summed E-state index contributed by atoms with van der Waals surface area (Å²) in [5, 5.41) is 0. The molecule has 0 aliphatic carbocycles. The van der Waals surface area contributed by atoms with Gasteiger partial charge in [0.15, 0.2) is 11.5 Å². The summed E-state index contributed by atoms with van der Waals surface area (Å²) in [5.74, 6) is 2.20. The third-order valence-corrected chi connectivity index (χ3v) is 3.14. The fraction of sp³-hybridized carbons (Fsp3) is 0.286. The summed E-state index contributed by atoms with van der Waals surface area (Å²) in [5.41, 5.74) is 1.83. The standard InChI is InChI=1S/C14H15BrN2O2/c1-4-14-16-10(8-13(15)17-14)9-5-6-11(18-2)12(7-9)19-3/h5-8H,4H2,1-3H3. The van der Waals surface area contributed by atoms with Crippen molar-refractivity contribution in [2.45, 2.75) is 13.3 Å². The molecule has 2 rings (SSSR count). The zero-order valence-corrected chi connectivity index (χ0v) is 12.7. The van der Waals surface area contributed by atoms with Gasteiger partial charge in [0.2, 0.25) is 0 Å². The van der Waals surface area contributed by atoms with Crippen LogP contribution in [0.2, 0.25) is 0 Å². The molecule has 0 saturated heterocycles. The first-order valence-corrected chi connectivity index (χ1v) is 6.73. The molecule has 0 spiro atoms. The lowest BCUT2D eigenvalue weighted by Gasteiger charge is -2.10. The quantitative estimate of drug-likeness (QED) is 0.808. The van der Waals surface area contributed by atoms with Crippen molar-refractivity contribution in [3.05, 3.63) is 34.7 Å². The van der Waals surface area contributed by atoms with Crippen molar-refractivity contribution >= 4 is 15.9 Å². The molecule has 19 heavy (non-hydrogen) atoms. The molecular weight excluding hydrogens is 308 g/mol. The number of halogens is 1. The van der Waals surface area contributed by atoms with Crippen LogP contribution in [0.3, 0.4) is 0 Å². The molecular formula is C14H15BrN2O2. The van der Waals surface area contributed by atoms with Crippen LogP contribution in [0.15, 0.2) is 28.9 Å². The number of rotatable bonds is 4. The van der Waals surface area contributed by atoms with Crippen LogP contribution in [0, 0.1) is 0 Å². The molecule has 0 bridgehead atoms. The number of aromatic nitrogens is 2. The summed E-state index contributed by atoms with van der Waals surface area (Å²) in [6, 6.07) is 7.62. The van der Waals surface area contributed by atoms with E-state index in [4.69, 9.17) is 9.47 Å². The minimum atomic E-state index is 0.688. The number of nitrogens with zero attached hydrogens (tertiary/aromatic N) is 2. The van der Waals surface area contributed by atoms with E-state index in [0.717, 1.165) is 28.1 Å². The van der Waals surface area contributed by atoms with Gasteiger partial charge in [0.1, 0.15) is 10.4 Å². The highest BCUT2D eigenvalue weighted by Gasteiger charge is 2.09. The van der Waals surface area contributed by atoms with Crippen LogP contribution in [0.1, 0.15) is 12.7 Å². The van der Waals surface area contributed by atoms with Crippen LogP contribution < -0.4 is 9.47 Å². The Labute approximate surface area is 120 Å². The SMILES string of the molecule is CCc1nc(Br)cc(-c2ccc(OC)c(OC)c2)n1. The average molecular weight is 323 g/mol. The molecule has 0 unspecified atom stereocenters. The van der Waals surface area contributed by atoms with Gasteiger partial charge in [-0.05, 0) is 40.2 Å². The molecule has 0 aliphatic rings. The van der Waals surface area contributed by atoms with Crippen LogP contribution in [0.25, 0.3) is 11.3 Å². The Morgan fingerprint density at radius 3 is 2.42 bits per heavy atom. The van der Waals surface area contributed by atoms with Crippen molar-refractivity contribution in [3.8, 4) is 22.8 Å². The number of hydrogen-bond donors (Lipinski definition) is 0. The third kappa shape index (κ3) is 3.04. The lowest BCUT2D eigenvalue weighted by Crippen LogP contribution is -1.96. The maximum absolute atomic E-state index is 5.31. The molecule has 0 N–H and O–H groups in total. The van der Waals surface area contributed by atoms with Crippen molar-refractivity contribution in [1.82, 2.24) is 9.97 Å². The highest BCUT2D eigenvalue weighted by atomic mass is 79.9. The van der Waals surface area contributed by atoms with E-state index >= 15 is 0 Å². The van der Waals surface area contributed by atoms with Gasteiger partial charge in [-0.15, -0.1) is 0 Å². The molecule has 100 valence electrons. The molecule has 0 fully saturated rings. The number of benzene rings is 1. The van der Waals surface area contributed by atoms with Crippen molar-refractivity contribution in [3.63, 3.8) is 0 Å². The van der Waals surface area contributed by atoms with Gasteiger partial charge < -0.3 is 9.47 Å². The second-order valence-electron chi connectivity index (χ2n) is 3.92. The van der Waals surface area contributed by atoms with E-state index in [2.05, 4.69) is 25.9 Å². The van der Waals surface area contributed by atoms with Crippen LogP contribution in [-0.2, 0) is 6.42 Å². The molecule has 1 aromatic carbocycles. The Balaban J connectivity index is 2.49. The molecule has 4 nitrogen and oxygen atoms in total. The monoisotopic (exact) mass is 322 g/mol. The molecule has 0 radical (unpaired) electrons. The van der Waals surface area contributed by atoms with Crippen molar-refractivity contribution in [1.29, 1.82) is 0 Å². The van der Waals surface area contributed by atoms with E-state index in [1.54, 1.807) is 14.2 Å². The van der Waals surface area contributed by atoms with Crippen LogP contribution in [-0.4, -0.2) is 24.2 Å². The summed E-state index contributed by atoms with van der Waals surface area (Å²) in [4.78, 5) is 8.82. The van der Waals surface area contributed by atoms with E-state index in [9.17, 15) is 0 Å². The minimum absolute atomic E-state index is 0.688. The van der Waals surface area contributed by atoms with E-state index in [0.29, 0.717) is 11.5 Å². The van der Waals surface area contributed by atoms with Gasteiger partial charge in [-0.25, -0.2) is 9.97 Å². The average Bonchev–Trinajstić information content (AvgIpc) is 2.45. The number of hydrogen-bond acceptors (Lipinski definition) is 4. The number of ether oxygens (including phenoxy) is 2. The summed E-state index contributed by atoms with van der Waals surface area (Å²) in [6.07, 6.45) is 0.791. The fourth-order valence-electron chi connectivity index (χ4n) is 1.77. The Bertz CT molecular complexity index is 588. The third-order valence-electron chi connectivity index (χ3n) is 2.74. The second-order valence-corrected chi connectivity index (χ2v) is 4.73. The van der Waals surface area contributed by atoms with Gasteiger partial charge in [0.25, 0.3) is 0 Å². The molecule has 2 aromatic rings.